The van der Waals surface area contributed by atoms with Crippen LogP contribution in [0.4, 0.5) is 4.39 Å². The summed E-state index contributed by atoms with van der Waals surface area (Å²) >= 11 is 0. The summed E-state index contributed by atoms with van der Waals surface area (Å²) in [5.74, 6) is -1.66. The minimum Gasteiger partial charge on any atom is -0.618 e. The Balaban J connectivity index is 2.78. The molecule has 0 N–H and O–H groups in total. The van der Waals surface area contributed by atoms with Gasteiger partial charge in [0, 0.05) is 6.07 Å². The number of carbonyl (C=O) groups excluding carboxylic acids is 1. The summed E-state index contributed by atoms with van der Waals surface area (Å²) in [6, 6.07) is 5.89. The number of hydrogen-bond acceptors (Lipinski definition) is 3. The number of carbonyl (C=O) groups is 1. The molecular weight excluding hydrogens is 213 g/mol. The van der Waals surface area contributed by atoms with Gasteiger partial charge >= 0.3 is 5.97 Å². The quantitative estimate of drug-likeness (QED) is 0.415. The number of pyridine rings is 1. The van der Waals surface area contributed by atoms with E-state index < -0.39 is 11.8 Å². The molecule has 2 aromatic rings. The fourth-order valence-corrected chi connectivity index (χ4v) is 1.50. The van der Waals surface area contributed by atoms with Crippen LogP contribution < -0.4 is 4.73 Å². The first-order chi connectivity index (χ1) is 7.65. The summed E-state index contributed by atoms with van der Waals surface area (Å²) in [5, 5.41) is 11.8. The highest BCUT2D eigenvalue weighted by molar-refractivity contribution is 5.94. The van der Waals surface area contributed by atoms with E-state index in [1.165, 1.54) is 24.4 Å². The molecule has 0 saturated carbocycles. The highest BCUT2D eigenvalue weighted by Crippen LogP contribution is 2.18. The van der Waals surface area contributed by atoms with Gasteiger partial charge in [0.05, 0.1) is 12.5 Å². The van der Waals surface area contributed by atoms with E-state index in [4.69, 9.17) is 0 Å². The van der Waals surface area contributed by atoms with E-state index in [2.05, 4.69) is 4.74 Å². The molecule has 0 spiro atoms. The van der Waals surface area contributed by atoms with Gasteiger partial charge in [0.15, 0.2) is 6.20 Å². The molecule has 0 aliphatic rings. The van der Waals surface area contributed by atoms with Gasteiger partial charge in [-0.15, -0.1) is 0 Å². The summed E-state index contributed by atoms with van der Waals surface area (Å²) in [6.45, 7) is 0. The van der Waals surface area contributed by atoms with E-state index in [1.807, 2.05) is 0 Å². The van der Waals surface area contributed by atoms with Gasteiger partial charge in [-0.1, -0.05) is 0 Å². The summed E-state index contributed by atoms with van der Waals surface area (Å²) < 4.78 is 18.6. The lowest BCUT2D eigenvalue weighted by Gasteiger charge is -2.05. The van der Waals surface area contributed by atoms with Crippen LogP contribution in [-0.4, -0.2) is 13.1 Å². The first-order valence-corrected chi connectivity index (χ1v) is 4.54. The smallest absolute Gasteiger partial charge is 0.341 e. The average Bonchev–Trinajstić information content (AvgIpc) is 2.28. The highest BCUT2D eigenvalue weighted by Gasteiger charge is 2.19. The highest BCUT2D eigenvalue weighted by atomic mass is 19.1. The normalized spacial score (nSPS) is 10.4. The third-order valence-corrected chi connectivity index (χ3v) is 2.27. The number of methoxy groups -OCH3 is 1. The maximum Gasteiger partial charge on any atom is 0.341 e. The molecule has 1 aromatic carbocycles. The second kappa shape index (κ2) is 3.77. The van der Waals surface area contributed by atoms with Crippen molar-refractivity contribution in [3.8, 4) is 0 Å². The Labute approximate surface area is 90.5 Å². The third-order valence-electron chi connectivity index (χ3n) is 2.27. The number of nitrogens with zero attached hydrogens (tertiary/aromatic N) is 1. The van der Waals surface area contributed by atoms with Gasteiger partial charge in [-0.05, 0) is 18.2 Å². The Kier molecular flexibility index (Phi) is 2.44. The van der Waals surface area contributed by atoms with Crippen LogP contribution in [0.15, 0.2) is 30.5 Å². The van der Waals surface area contributed by atoms with Crippen molar-refractivity contribution in [2.75, 3.05) is 7.11 Å². The maximum atomic E-state index is 13.8. The standard InChI is InChI=1S/C11H8FNO3/c1-16-11(14)8-5-4-7-3-2-6-13(15)10(7)9(8)12/h2-6H,1H3. The number of fused-ring (bicyclic) bond motifs is 1. The van der Waals surface area contributed by atoms with Crippen LogP contribution in [0.1, 0.15) is 10.4 Å². The molecule has 2 rings (SSSR count). The molecule has 0 bridgehead atoms. The predicted molar refractivity (Wildman–Crippen MR) is 54.2 cm³/mol. The van der Waals surface area contributed by atoms with Crippen LogP contribution in [0, 0.1) is 11.0 Å². The fraction of sp³-hybridized carbons (Fsp3) is 0.0909. The summed E-state index contributed by atoms with van der Waals surface area (Å²) in [6.07, 6.45) is 1.17. The SMILES string of the molecule is COC(=O)c1ccc2ccc[n+]([O-])c2c1F. The van der Waals surface area contributed by atoms with Crippen molar-refractivity contribution in [1.82, 2.24) is 0 Å². The van der Waals surface area contributed by atoms with Crippen molar-refractivity contribution in [2.24, 2.45) is 0 Å². The van der Waals surface area contributed by atoms with Crippen molar-refractivity contribution in [2.45, 2.75) is 0 Å². The number of hydrogen-bond donors (Lipinski definition) is 0. The first kappa shape index (κ1) is 10.4. The summed E-state index contributed by atoms with van der Waals surface area (Å²) in [7, 11) is 1.15. The van der Waals surface area contributed by atoms with Crippen molar-refractivity contribution < 1.29 is 18.7 Å². The van der Waals surface area contributed by atoms with Crippen molar-refractivity contribution in [1.29, 1.82) is 0 Å². The topological polar surface area (TPSA) is 53.2 Å². The zero-order valence-corrected chi connectivity index (χ0v) is 8.44. The zero-order valence-electron chi connectivity index (χ0n) is 8.44. The van der Waals surface area contributed by atoms with E-state index in [0.29, 0.717) is 10.1 Å². The molecule has 0 aliphatic heterocycles. The van der Waals surface area contributed by atoms with Crippen LogP contribution in [-0.2, 0) is 4.74 Å². The van der Waals surface area contributed by atoms with Crippen LogP contribution in [0.25, 0.3) is 10.9 Å². The van der Waals surface area contributed by atoms with Crippen LogP contribution in [0.5, 0.6) is 0 Å². The molecule has 0 amide bonds. The van der Waals surface area contributed by atoms with Gasteiger partial charge in [0.1, 0.15) is 5.56 Å². The predicted octanol–water partition coefficient (Wildman–Crippen LogP) is 1.40. The number of rotatable bonds is 1. The average molecular weight is 221 g/mol. The molecule has 82 valence electrons. The van der Waals surface area contributed by atoms with Gasteiger partial charge < -0.3 is 9.94 Å². The summed E-state index contributed by atoms with van der Waals surface area (Å²) in [5.41, 5.74) is -0.406. The molecule has 4 nitrogen and oxygen atoms in total. The Morgan fingerprint density at radius 1 is 1.44 bits per heavy atom. The number of aromatic nitrogens is 1. The van der Waals surface area contributed by atoms with E-state index in [-0.39, 0.29) is 11.1 Å². The van der Waals surface area contributed by atoms with Gasteiger partial charge in [-0.25, -0.2) is 4.79 Å². The van der Waals surface area contributed by atoms with E-state index in [0.717, 1.165) is 7.11 Å². The lowest BCUT2D eigenvalue weighted by atomic mass is 10.1. The number of benzene rings is 1. The zero-order chi connectivity index (χ0) is 11.7. The monoisotopic (exact) mass is 221 g/mol. The molecule has 0 atom stereocenters. The Hall–Kier alpha value is -2.17. The summed E-state index contributed by atoms with van der Waals surface area (Å²) in [4.78, 5) is 11.2. The van der Waals surface area contributed by atoms with Gasteiger partial charge in [0.25, 0.3) is 5.52 Å². The fourth-order valence-electron chi connectivity index (χ4n) is 1.50. The molecule has 5 heteroatoms. The minimum absolute atomic E-state index is 0.162. The lowest BCUT2D eigenvalue weighted by molar-refractivity contribution is -0.578. The maximum absolute atomic E-state index is 13.8. The first-order valence-electron chi connectivity index (χ1n) is 4.54. The van der Waals surface area contributed by atoms with Crippen molar-refractivity contribution in [3.63, 3.8) is 0 Å². The minimum atomic E-state index is -0.861. The third kappa shape index (κ3) is 1.46. The van der Waals surface area contributed by atoms with Crippen LogP contribution in [0.2, 0.25) is 0 Å². The van der Waals surface area contributed by atoms with Crippen molar-refractivity contribution in [3.05, 3.63) is 47.1 Å². The molecule has 0 unspecified atom stereocenters. The number of halogens is 1. The molecular formula is C11H8FNO3. The van der Waals surface area contributed by atoms with Crippen LogP contribution >= 0.6 is 0 Å². The van der Waals surface area contributed by atoms with Gasteiger partial charge in [-0.3, -0.25) is 0 Å². The van der Waals surface area contributed by atoms with Crippen LogP contribution in [0.3, 0.4) is 0 Å². The van der Waals surface area contributed by atoms with Gasteiger partial charge in [-0.2, -0.15) is 9.12 Å². The largest absolute Gasteiger partial charge is 0.618 e. The molecule has 0 radical (unpaired) electrons. The lowest BCUT2D eigenvalue weighted by Crippen LogP contribution is -2.27. The number of esters is 1. The second-order valence-corrected chi connectivity index (χ2v) is 3.19. The van der Waals surface area contributed by atoms with Crippen molar-refractivity contribution >= 4 is 16.9 Å². The molecule has 1 heterocycles. The Morgan fingerprint density at radius 2 is 2.19 bits per heavy atom. The Morgan fingerprint density at radius 3 is 2.88 bits per heavy atom. The molecule has 16 heavy (non-hydrogen) atoms. The Bertz CT molecular complexity index is 568. The second-order valence-electron chi connectivity index (χ2n) is 3.19. The molecule has 0 saturated heterocycles. The van der Waals surface area contributed by atoms with E-state index in [1.54, 1.807) is 6.07 Å². The molecule has 1 aromatic heterocycles. The molecule has 0 aliphatic carbocycles. The van der Waals surface area contributed by atoms with E-state index >= 15 is 0 Å². The van der Waals surface area contributed by atoms with E-state index in [9.17, 15) is 14.4 Å². The van der Waals surface area contributed by atoms with Gasteiger partial charge in [0.2, 0.25) is 5.82 Å². The molecule has 0 fully saturated rings. The number of ether oxygens (including phenoxy) is 1.